The molecule has 1 aliphatic rings. The van der Waals surface area contributed by atoms with Gasteiger partial charge in [0, 0.05) is 18.7 Å². The van der Waals surface area contributed by atoms with Crippen molar-refractivity contribution in [1.29, 1.82) is 0 Å². The van der Waals surface area contributed by atoms with E-state index in [0.29, 0.717) is 0 Å². The minimum atomic E-state index is -4.12. The summed E-state index contributed by atoms with van der Waals surface area (Å²) in [7, 11) is 0.809. The number of rotatable bonds is 5. The number of ether oxygens (including phenoxy) is 1. The highest BCUT2D eigenvalue weighted by Crippen LogP contribution is 2.37. The van der Waals surface area contributed by atoms with Gasteiger partial charge in [-0.15, -0.1) is 0 Å². The minimum absolute atomic E-state index is 0.0618. The van der Waals surface area contributed by atoms with Gasteiger partial charge in [-0.2, -0.15) is 4.31 Å². The molecule has 1 aromatic carbocycles. The van der Waals surface area contributed by atoms with Crippen molar-refractivity contribution in [2.75, 3.05) is 27.7 Å². The van der Waals surface area contributed by atoms with Gasteiger partial charge in [0.2, 0.25) is 10.0 Å². The lowest BCUT2D eigenvalue weighted by Gasteiger charge is -2.22. The molecule has 0 aromatic heterocycles. The summed E-state index contributed by atoms with van der Waals surface area (Å²) in [6.45, 7) is 0.0618. The maximum atomic E-state index is 13.0. The molecule has 2 atom stereocenters. The van der Waals surface area contributed by atoms with Crippen LogP contribution < -0.4 is 4.74 Å². The van der Waals surface area contributed by atoms with Crippen molar-refractivity contribution >= 4 is 39.2 Å². The number of methoxy groups -OCH3 is 1. The van der Waals surface area contributed by atoms with Gasteiger partial charge in [0.1, 0.15) is 16.7 Å². The zero-order valence-corrected chi connectivity index (χ0v) is 15.7. The summed E-state index contributed by atoms with van der Waals surface area (Å²) in [5.41, 5.74) is 0. The highest BCUT2D eigenvalue weighted by molar-refractivity contribution is 7.89. The number of sulfonamides is 1. The Hall–Kier alpha value is -1.06. The van der Waals surface area contributed by atoms with Crippen LogP contribution in [-0.4, -0.2) is 68.5 Å². The van der Waals surface area contributed by atoms with E-state index in [9.17, 15) is 18.3 Å². The molecule has 0 bridgehead atoms. The molecule has 1 aliphatic heterocycles. The van der Waals surface area contributed by atoms with E-state index in [0.717, 1.165) is 4.31 Å². The molecule has 0 spiro atoms. The first-order chi connectivity index (χ1) is 11.1. The number of halogens is 2. The third-order valence-corrected chi connectivity index (χ3v) is 6.68. The molecule has 1 N–H and O–H groups in total. The molecule has 10 heteroatoms. The number of benzene rings is 1. The monoisotopic (exact) mass is 396 g/mol. The number of hydrogen-bond acceptors (Lipinski definition) is 5. The standard InChI is InChI=1S/C14H18Cl2N2O5S/c1-17(2)8-4-11(14(19)20)18(7-8)24(21,22)13-6-9(15)12(23-3)5-10(13)16/h5-6,8,11H,4,7H2,1-3H3,(H,19,20)/t8-,11+/m1/s1. The molecule has 24 heavy (non-hydrogen) atoms. The molecule has 0 aliphatic carbocycles. The van der Waals surface area contributed by atoms with Crippen LogP contribution in [0, 0.1) is 0 Å². The third kappa shape index (κ3) is 3.48. The van der Waals surface area contributed by atoms with Crippen molar-refractivity contribution < 1.29 is 23.1 Å². The summed E-state index contributed by atoms with van der Waals surface area (Å²) in [5.74, 6) is -0.957. The van der Waals surface area contributed by atoms with E-state index in [4.69, 9.17) is 27.9 Å². The molecular formula is C14H18Cl2N2O5S. The number of carboxylic acids is 1. The van der Waals surface area contributed by atoms with E-state index in [-0.39, 0.29) is 39.7 Å². The summed E-state index contributed by atoms with van der Waals surface area (Å²) < 4.78 is 31.9. The van der Waals surface area contributed by atoms with E-state index in [1.807, 2.05) is 0 Å². The van der Waals surface area contributed by atoms with Gasteiger partial charge in [-0.1, -0.05) is 23.2 Å². The van der Waals surface area contributed by atoms with Gasteiger partial charge in [0.25, 0.3) is 0 Å². The average Bonchev–Trinajstić information content (AvgIpc) is 2.95. The Labute approximate surface area is 150 Å². The molecule has 0 saturated carbocycles. The predicted octanol–water partition coefficient (Wildman–Crippen LogP) is 1.78. The molecule has 0 radical (unpaired) electrons. The predicted molar refractivity (Wildman–Crippen MR) is 90.4 cm³/mol. The number of carbonyl (C=O) groups is 1. The van der Waals surface area contributed by atoms with Crippen LogP contribution in [0.4, 0.5) is 0 Å². The second-order valence-corrected chi connectivity index (χ2v) is 8.37. The molecule has 1 fully saturated rings. The second-order valence-electron chi connectivity index (χ2n) is 5.70. The Morgan fingerprint density at radius 2 is 1.96 bits per heavy atom. The van der Waals surface area contributed by atoms with Crippen molar-refractivity contribution in [3.63, 3.8) is 0 Å². The van der Waals surface area contributed by atoms with E-state index in [1.54, 1.807) is 19.0 Å². The number of nitrogens with zero attached hydrogens (tertiary/aromatic N) is 2. The highest BCUT2D eigenvalue weighted by atomic mass is 35.5. The molecule has 7 nitrogen and oxygen atoms in total. The van der Waals surface area contributed by atoms with E-state index < -0.39 is 22.0 Å². The summed E-state index contributed by atoms with van der Waals surface area (Å²) in [4.78, 5) is 13.1. The fourth-order valence-corrected chi connectivity index (χ4v) is 5.10. The van der Waals surface area contributed by atoms with Crippen LogP contribution in [0.3, 0.4) is 0 Å². The normalized spacial score (nSPS) is 22.1. The Morgan fingerprint density at radius 3 is 2.46 bits per heavy atom. The van der Waals surface area contributed by atoms with E-state index in [2.05, 4.69) is 0 Å². The van der Waals surface area contributed by atoms with Crippen molar-refractivity contribution in [3.05, 3.63) is 22.2 Å². The SMILES string of the molecule is COc1cc(Cl)c(S(=O)(=O)N2C[C@H](N(C)C)C[C@H]2C(=O)O)cc1Cl. The smallest absolute Gasteiger partial charge is 0.322 e. The third-order valence-electron chi connectivity index (χ3n) is 4.04. The van der Waals surface area contributed by atoms with Crippen molar-refractivity contribution in [2.45, 2.75) is 23.4 Å². The number of aliphatic carboxylic acids is 1. The molecule has 1 saturated heterocycles. The average molecular weight is 397 g/mol. The molecule has 1 heterocycles. The number of carboxylic acid groups (broad SMARTS) is 1. The van der Waals surface area contributed by atoms with Crippen molar-refractivity contribution in [1.82, 2.24) is 9.21 Å². The summed E-state index contributed by atoms with van der Waals surface area (Å²) in [5, 5.41) is 9.40. The maximum absolute atomic E-state index is 13.0. The van der Waals surface area contributed by atoms with Crippen LogP contribution in [0.1, 0.15) is 6.42 Å². The van der Waals surface area contributed by atoms with Crippen LogP contribution in [-0.2, 0) is 14.8 Å². The molecule has 1 aromatic rings. The van der Waals surface area contributed by atoms with Crippen LogP contribution in [0.2, 0.25) is 10.0 Å². The zero-order valence-electron chi connectivity index (χ0n) is 13.4. The summed E-state index contributed by atoms with van der Waals surface area (Å²) in [6.07, 6.45) is 0.197. The first kappa shape index (κ1) is 19.3. The molecule has 2 rings (SSSR count). The number of hydrogen-bond donors (Lipinski definition) is 1. The second kappa shape index (κ2) is 7.05. The Morgan fingerprint density at radius 1 is 1.33 bits per heavy atom. The Balaban J connectivity index is 2.49. The van der Waals surface area contributed by atoms with Crippen LogP contribution in [0.15, 0.2) is 17.0 Å². The zero-order chi connectivity index (χ0) is 18.2. The van der Waals surface area contributed by atoms with E-state index in [1.165, 1.54) is 19.2 Å². The highest BCUT2D eigenvalue weighted by Gasteiger charge is 2.45. The largest absolute Gasteiger partial charge is 0.495 e. The molecular weight excluding hydrogens is 379 g/mol. The van der Waals surface area contributed by atoms with E-state index >= 15 is 0 Å². The lowest BCUT2D eigenvalue weighted by Crippen LogP contribution is -2.41. The van der Waals surface area contributed by atoms with Crippen molar-refractivity contribution in [2.24, 2.45) is 0 Å². The lowest BCUT2D eigenvalue weighted by atomic mass is 10.1. The van der Waals surface area contributed by atoms with Gasteiger partial charge in [0.05, 0.1) is 17.2 Å². The van der Waals surface area contributed by atoms with Gasteiger partial charge in [-0.05, 0) is 26.6 Å². The van der Waals surface area contributed by atoms with Gasteiger partial charge >= 0.3 is 5.97 Å². The Bertz CT molecular complexity index is 754. The fraction of sp³-hybridized carbons (Fsp3) is 0.500. The summed E-state index contributed by atoms with van der Waals surface area (Å²) in [6, 6.07) is 1.12. The summed E-state index contributed by atoms with van der Waals surface area (Å²) >= 11 is 12.1. The topological polar surface area (TPSA) is 87.2 Å². The molecule has 0 amide bonds. The van der Waals surface area contributed by atoms with Gasteiger partial charge in [-0.25, -0.2) is 8.42 Å². The quantitative estimate of drug-likeness (QED) is 0.815. The van der Waals surface area contributed by atoms with Gasteiger partial charge in [0.15, 0.2) is 0 Å². The first-order valence-electron chi connectivity index (χ1n) is 7.03. The minimum Gasteiger partial charge on any atom is -0.495 e. The first-order valence-corrected chi connectivity index (χ1v) is 9.23. The Kier molecular flexibility index (Phi) is 5.66. The molecule has 134 valence electrons. The maximum Gasteiger partial charge on any atom is 0.322 e. The van der Waals surface area contributed by atoms with Gasteiger partial charge < -0.3 is 14.7 Å². The van der Waals surface area contributed by atoms with Crippen LogP contribution in [0.25, 0.3) is 0 Å². The number of likely N-dealkylation sites (N-methyl/N-ethyl adjacent to an activating group) is 1. The van der Waals surface area contributed by atoms with Crippen LogP contribution >= 0.6 is 23.2 Å². The van der Waals surface area contributed by atoms with Gasteiger partial charge in [-0.3, -0.25) is 4.79 Å². The fourth-order valence-electron chi connectivity index (χ4n) is 2.64. The lowest BCUT2D eigenvalue weighted by molar-refractivity contribution is -0.140. The molecule has 0 unspecified atom stereocenters. The van der Waals surface area contributed by atoms with Crippen LogP contribution in [0.5, 0.6) is 5.75 Å². The van der Waals surface area contributed by atoms with Crippen molar-refractivity contribution in [3.8, 4) is 5.75 Å².